The predicted molar refractivity (Wildman–Crippen MR) is 83.2 cm³/mol. The number of hydrogen-bond acceptors (Lipinski definition) is 5. The molecule has 0 atom stereocenters. The Morgan fingerprint density at radius 3 is 2.48 bits per heavy atom. The van der Waals surface area contributed by atoms with Crippen LogP contribution in [-0.4, -0.2) is 46.7 Å². The smallest absolute Gasteiger partial charge is 0.266 e. The standard InChI is InChI=1S/C14H17N5O3S/c20-14(16-23(21,22)18-9-5-2-6-10-18)13-11-19(17-15-13)12-7-3-1-4-8-12/h1,3-4,7-8,11H,2,5-6,9-10H2,(H,16,20). The summed E-state index contributed by atoms with van der Waals surface area (Å²) in [7, 11) is -3.83. The van der Waals surface area contributed by atoms with Crippen molar-refractivity contribution in [3.05, 3.63) is 42.2 Å². The van der Waals surface area contributed by atoms with Crippen molar-refractivity contribution in [3.8, 4) is 5.69 Å². The van der Waals surface area contributed by atoms with Gasteiger partial charge in [0.1, 0.15) is 0 Å². The predicted octanol–water partition coefficient (Wildman–Crippen LogP) is 0.728. The molecule has 1 aromatic heterocycles. The van der Waals surface area contributed by atoms with E-state index in [1.807, 2.05) is 18.2 Å². The van der Waals surface area contributed by atoms with Gasteiger partial charge >= 0.3 is 10.2 Å². The first-order valence-electron chi connectivity index (χ1n) is 7.36. The van der Waals surface area contributed by atoms with Crippen LogP contribution in [-0.2, 0) is 10.2 Å². The average molecular weight is 335 g/mol. The molecule has 2 heterocycles. The largest absolute Gasteiger partial charge is 0.304 e. The summed E-state index contributed by atoms with van der Waals surface area (Å²) in [4.78, 5) is 12.1. The quantitative estimate of drug-likeness (QED) is 0.888. The van der Waals surface area contributed by atoms with Crippen LogP contribution < -0.4 is 4.72 Å². The van der Waals surface area contributed by atoms with Crippen LogP contribution in [0.25, 0.3) is 5.69 Å². The summed E-state index contributed by atoms with van der Waals surface area (Å²) in [6.07, 6.45) is 4.01. The number of carbonyl (C=O) groups is 1. The molecule has 1 N–H and O–H groups in total. The zero-order chi connectivity index (χ0) is 16.3. The van der Waals surface area contributed by atoms with Crippen LogP contribution in [0.3, 0.4) is 0 Å². The van der Waals surface area contributed by atoms with Gasteiger partial charge in [-0.1, -0.05) is 29.8 Å². The number of para-hydroxylation sites is 1. The molecule has 0 bridgehead atoms. The summed E-state index contributed by atoms with van der Waals surface area (Å²) in [5.41, 5.74) is 0.687. The summed E-state index contributed by atoms with van der Waals surface area (Å²) in [6, 6.07) is 9.13. The maximum atomic E-state index is 12.2. The fourth-order valence-electron chi connectivity index (χ4n) is 2.41. The monoisotopic (exact) mass is 335 g/mol. The van der Waals surface area contributed by atoms with E-state index in [1.165, 1.54) is 15.2 Å². The van der Waals surface area contributed by atoms with Gasteiger partial charge in [-0.05, 0) is 25.0 Å². The highest BCUT2D eigenvalue weighted by Crippen LogP contribution is 2.12. The maximum Gasteiger partial charge on any atom is 0.304 e. The molecule has 0 saturated carbocycles. The van der Waals surface area contributed by atoms with E-state index < -0.39 is 16.1 Å². The molecule has 1 saturated heterocycles. The summed E-state index contributed by atoms with van der Waals surface area (Å²) in [5.74, 6) is -0.780. The minimum absolute atomic E-state index is 0.0468. The zero-order valence-corrected chi connectivity index (χ0v) is 13.2. The van der Waals surface area contributed by atoms with Gasteiger partial charge in [0.15, 0.2) is 5.69 Å². The molecule has 0 aliphatic carbocycles. The second-order valence-corrected chi connectivity index (χ2v) is 6.95. The molecule has 3 rings (SSSR count). The molecule has 1 fully saturated rings. The molecular weight excluding hydrogens is 318 g/mol. The van der Waals surface area contributed by atoms with E-state index in [9.17, 15) is 13.2 Å². The van der Waals surface area contributed by atoms with Gasteiger partial charge in [-0.3, -0.25) is 4.79 Å². The van der Waals surface area contributed by atoms with Crippen LogP contribution in [0.4, 0.5) is 0 Å². The van der Waals surface area contributed by atoms with Crippen LogP contribution in [0, 0.1) is 0 Å². The summed E-state index contributed by atoms with van der Waals surface area (Å²) < 4.78 is 29.1. The molecular formula is C14H17N5O3S. The molecule has 1 aliphatic heterocycles. The highest BCUT2D eigenvalue weighted by molar-refractivity contribution is 7.87. The first kappa shape index (κ1) is 15.6. The lowest BCUT2D eigenvalue weighted by atomic mass is 10.2. The Morgan fingerprint density at radius 1 is 1.09 bits per heavy atom. The normalized spacial score (nSPS) is 16.2. The summed E-state index contributed by atoms with van der Waals surface area (Å²) >= 11 is 0. The number of rotatable bonds is 4. The number of benzene rings is 1. The third-order valence-corrected chi connectivity index (χ3v) is 5.11. The second kappa shape index (κ2) is 6.47. The van der Waals surface area contributed by atoms with Crippen molar-refractivity contribution in [1.82, 2.24) is 24.0 Å². The Labute approximate surface area is 134 Å². The lowest BCUT2D eigenvalue weighted by Gasteiger charge is -2.25. The highest BCUT2D eigenvalue weighted by atomic mass is 32.2. The molecule has 9 heteroatoms. The van der Waals surface area contributed by atoms with Crippen LogP contribution in [0.15, 0.2) is 36.5 Å². The average Bonchev–Trinajstić information content (AvgIpc) is 3.06. The van der Waals surface area contributed by atoms with Gasteiger partial charge in [-0.15, -0.1) is 5.10 Å². The molecule has 23 heavy (non-hydrogen) atoms. The molecule has 0 radical (unpaired) electrons. The SMILES string of the molecule is O=C(NS(=O)(=O)N1CCCCC1)c1cn(-c2ccccc2)nn1. The van der Waals surface area contributed by atoms with Crippen molar-refractivity contribution in [1.29, 1.82) is 0 Å². The lowest BCUT2D eigenvalue weighted by Crippen LogP contribution is -2.45. The fourth-order valence-corrected chi connectivity index (χ4v) is 3.62. The van der Waals surface area contributed by atoms with Crippen molar-refractivity contribution in [2.45, 2.75) is 19.3 Å². The van der Waals surface area contributed by atoms with E-state index in [4.69, 9.17) is 0 Å². The van der Waals surface area contributed by atoms with Crippen LogP contribution in [0.2, 0.25) is 0 Å². The second-order valence-electron chi connectivity index (χ2n) is 5.28. The Morgan fingerprint density at radius 2 is 1.78 bits per heavy atom. The van der Waals surface area contributed by atoms with Crippen molar-refractivity contribution < 1.29 is 13.2 Å². The van der Waals surface area contributed by atoms with Crippen LogP contribution >= 0.6 is 0 Å². The van der Waals surface area contributed by atoms with E-state index in [-0.39, 0.29) is 5.69 Å². The topological polar surface area (TPSA) is 97.2 Å². The number of nitrogens with one attached hydrogen (secondary N) is 1. The van der Waals surface area contributed by atoms with Crippen LogP contribution in [0.5, 0.6) is 0 Å². The van der Waals surface area contributed by atoms with Crippen molar-refractivity contribution in [2.24, 2.45) is 0 Å². The molecule has 8 nitrogen and oxygen atoms in total. The first-order chi connectivity index (χ1) is 11.1. The fraction of sp³-hybridized carbons (Fsp3) is 0.357. The molecule has 1 aromatic carbocycles. The minimum atomic E-state index is -3.83. The number of carbonyl (C=O) groups excluding carboxylic acids is 1. The van der Waals surface area contributed by atoms with E-state index >= 15 is 0 Å². The molecule has 122 valence electrons. The van der Waals surface area contributed by atoms with E-state index in [2.05, 4.69) is 15.0 Å². The summed E-state index contributed by atoms with van der Waals surface area (Å²) in [6.45, 7) is 0.860. The Hall–Kier alpha value is -2.26. The Bertz CT molecular complexity index is 782. The third-order valence-electron chi connectivity index (χ3n) is 3.62. The third kappa shape index (κ3) is 3.57. The van der Waals surface area contributed by atoms with Gasteiger partial charge in [-0.2, -0.15) is 12.7 Å². The molecule has 0 unspecified atom stereocenters. The van der Waals surface area contributed by atoms with Gasteiger partial charge in [0.25, 0.3) is 5.91 Å². The number of aromatic nitrogens is 3. The Balaban J connectivity index is 1.72. The molecule has 1 aliphatic rings. The van der Waals surface area contributed by atoms with Crippen molar-refractivity contribution in [3.63, 3.8) is 0 Å². The number of nitrogens with zero attached hydrogens (tertiary/aromatic N) is 4. The number of hydrogen-bond donors (Lipinski definition) is 1. The summed E-state index contributed by atoms with van der Waals surface area (Å²) in [5, 5.41) is 7.59. The molecule has 0 spiro atoms. The number of amides is 1. The Kier molecular flexibility index (Phi) is 4.39. The van der Waals surface area contributed by atoms with Gasteiger partial charge in [-0.25, -0.2) is 9.40 Å². The van der Waals surface area contributed by atoms with E-state index in [0.29, 0.717) is 13.1 Å². The van der Waals surface area contributed by atoms with Gasteiger partial charge < -0.3 is 0 Å². The van der Waals surface area contributed by atoms with E-state index in [0.717, 1.165) is 24.9 Å². The maximum absolute atomic E-state index is 12.2. The van der Waals surface area contributed by atoms with Crippen molar-refractivity contribution in [2.75, 3.05) is 13.1 Å². The van der Waals surface area contributed by atoms with Gasteiger partial charge in [0.05, 0.1) is 11.9 Å². The van der Waals surface area contributed by atoms with E-state index in [1.54, 1.807) is 12.1 Å². The minimum Gasteiger partial charge on any atom is -0.266 e. The lowest BCUT2D eigenvalue weighted by molar-refractivity contribution is 0.0973. The highest BCUT2D eigenvalue weighted by Gasteiger charge is 2.27. The number of piperidine rings is 1. The zero-order valence-electron chi connectivity index (χ0n) is 12.4. The molecule has 1 amide bonds. The van der Waals surface area contributed by atoms with Gasteiger partial charge in [0, 0.05) is 13.1 Å². The van der Waals surface area contributed by atoms with Crippen LogP contribution in [0.1, 0.15) is 29.8 Å². The molecule has 2 aromatic rings. The van der Waals surface area contributed by atoms with Crippen molar-refractivity contribution >= 4 is 16.1 Å². The first-order valence-corrected chi connectivity index (χ1v) is 8.80. The van der Waals surface area contributed by atoms with Gasteiger partial charge in [0.2, 0.25) is 0 Å².